The van der Waals surface area contributed by atoms with E-state index in [4.69, 9.17) is 23.2 Å². The van der Waals surface area contributed by atoms with E-state index in [0.29, 0.717) is 10.9 Å². The predicted molar refractivity (Wildman–Crippen MR) is 55.4 cm³/mol. The van der Waals surface area contributed by atoms with E-state index in [1.54, 1.807) is 6.07 Å². The smallest absolute Gasteiger partial charge is 0.142 e. The van der Waals surface area contributed by atoms with Crippen LogP contribution in [0, 0.1) is 11.7 Å². The molecular formula is C11H9Cl2F. The second kappa shape index (κ2) is 2.65. The summed E-state index contributed by atoms with van der Waals surface area (Å²) in [7, 11) is 0. The largest absolute Gasteiger partial charge is 0.205 e. The number of hydrogen-bond acceptors (Lipinski definition) is 0. The van der Waals surface area contributed by atoms with Crippen LogP contribution < -0.4 is 0 Å². The summed E-state index contributed by atoms with van der Waals surface area (Å²) in [6.45, 7) is 0. The fraction of sp³-hybridized carbons (Fsp3) is 0.455. The van der Waals surface area contributed by atoms with Gasteiger partial charge in [-0.2, -0.15) is 0 Å². The van der Waals surface area contributed by atoms with Gasteiger partial charge in [0, 0.05) is 10.4 Å². The Hall–Kier alpha value is -0.270. The molecule has 0 nitrogen and oxygen atoms in total. The van der Waals surface area contributed by atoms with Crippen molar-refractivity contribution in [3.05, 3.63) is 33.6 Å². The van der Waals surface area contributed by atoms with Crippen molar-refractivity contribution in [2.45, 2.75) is 24.7 Å². The van der Waals surface area contributed by atoms with Crippen molar-refractivity contribution in [2.24, 2.45) is 5.92 Å². The number of hydrogen-bond donors (Lipinski definition) is 0. The Morgan fingerprint density at radius 1 is 1.36 bits per heavy atom. The molecule has 2 unspecified atom stereocenters. The van der Waals surface area contributed by atoms with Gasteiger partial charge in [0.05, 0.1) is 5.02 Å². The third-order valence-corrected chi connectivity index (χ3v) is 4.40. The fourth-order valence-electron chi connectivity index (χ4n) is 2.70. The molecule has 0 spiro atoms. The summed E-state index contributed by atoms with van der Waals surface area (Å²) >= 11 is 12.0. The molecule has 0 bridgehead atoms. The first-order valence-corrected chi connectivity index (χ1v) is 5.55. The molecule has 1 aromatic carbocycles. The maximum absolute atomic E-state index is 13.3. The summed E-state index contributed by atoms with van der Waals surface area (Å²) in [6, 6.07) is 2.95. The Bertz CT molecular complexity index is 412. The summed E-state index contributed by atoms with van der Waals surface area (Å²) in [6.07, 6.45) is 3.49. The number of rotatable bonds is 1. The summed E-state index contributed by atoms with van der Waals surface area (Å²) < 4.78 is 13.3. The Morgan fingerprint density at radius 2 is 2.14 bits per heavy atom. The minimum atomic E-state index is -0.349. The van der Waals surface area contributed by atoms with Crippen molar-refractivity contribution >= 4 is 23.2 Å². The molecule has 3 rings (SSSR count). The summed E-state index contributed by atoms with van der Waals surface area (Å²) in [4.78, 5) is 0. The van der Waals surface area contributed by atoms with Crippen molar-refractivity contribution in [1.82, 2.24) is 0 Å². The molecule has 0 aliphatic heterocycles. The van der Waals surface area contributed by atoms with E-state index in [1.807, 2.05) is 0 Å². The topological polar surface area (TPSA) is 0 Å². The van der Waals surface area contributed by atoms with Crippen molar-refractivity contribution in [3.63, 3.8) is 0 Å². The average Bonchev–Trinajstić information content (AvgIpc) is 2.65. The zero-order valence-electron chi connectivity index (χ0n) is 7.49. The van der Waals surface area contributed by atoms with E-state index in [2.05, 4.69) is 0 Å². The zero-order valence-corrected chi connectivity index (χ0v) is 9.00. The van der Waals surface area contributed by atoms with Crippen molar-refractivity contribution in [1.29, 1.82) is 0 Å². The van der Waals surface area contributed by atoms with Crippen molar-refractivity contribution < 1.29 is 4.39 Å². The van der Waals surface area contributed by atoms with Gasteiger partial charge in [-0.15, -0.1) is 0 Å². The number of fused-ring (bicyclic) bond motifs is 1. The Labute approximate surface area is 92.0 Å². The monoisotopic (exact) mass is 230 g/mol. The standard InChI is InChI=1S/C11H9Cl2F/c12-7-1-2-8(14)10(13)9(7)11-4-3-6(11)5-11/h1-2,6H,3-5H2. The van der Waals surface area contributed by atoms with E-state index in [1.165, 1.54) is 12.5 Å². The molecule has 0 saturated heterocycles. The van der Waals surface area contributed by atoms with Crippen LogP contribution in [0.3, 0.4) is 0 Å². The Kier molecular flexibility index (Phi) is 1.70. The zero-order chi connectivity index (χ0) is 9.92. The lowest BCUT2D eigenvalue weighted by Gasteiger charge is -2.27. The molecule has 0 heterocycles. The van der Waals surface area contributed by atoms with Crippen LogP contribution in [0.15, 0.2) is 12.1 Å². The third kappa shape index (κ3) is 0.949. The van der Waals surface area contributed by atoms with Gasteiger partial charge in [-0.05, 0) is 42.9 Å². The molecular weight excluding hydrogens is 222 g/mol. The van der Waals surface area contributed by atoms with Gasteiger partial charge in [0.2, 0.25) is 0 Å². The van der Waals surface area contributed by atoms with Crippen LogP contribution in [0.1, 0.15) is 24.8 Å². The lowest BCUT2D eigenvalue weighted by molar-refractivity contribution is 0.399. The van der Waals surface area contributed by atoms with Gasteiger partial charge in [0.15, 0.2) is 0 Å². The first-order valence-electron chi connectivity index (χ1n) is 4.79. The van der Waals surface area contributed by atoms with Crippen molar-refractivity contribution in [3.8, 4) is 0 Å². The first kappa shape index (κ1) is 8.99. The predicted octanol–water partition coefficient (Wildman–Crippen LogP) is 4.18. The molecule has 1 aromatic rings. The highest BCUT2D eigenvalue weighted by Crippen LogP contribution is 2.70. The molecule has 2 aliphatic rings. The molecule has 74 valence electrons. The van der Waals surface area contributed by atoms with E-state index in [-0.39, 0.29) is 16.3 Å². The van der Waals surface area contributed by atoms with Crippen molar-refractivity contribution in [2.75, 3.05) is 0 Å². The summed E-state index contributed by atoms with van der Waals surface area (Å²) in [5, 5.41) is 0.860. The van der Waals surface area contributed by atoms with E-state index in [0.717, 1.165) is 18.4 Å². The van der Waals surface area contributed by atoms with Crippen LogP contribution in [-0.2, 0) is 5.41 Å². The van der Waals surface area contributed by atoms with Gasteiger partial charge in [0.25, 0.3) is 0 Å². The second-order valence-corrected chi connectivity index (χ2v) is 5.10. The molecule has 0 radical (unpaired) electrons. The summed E-state index contributed by atoms with van der Waals surface area (Å²) in [5.41, 5.74) is 1.01. The Balaban J connectivity index is 2.17. The van der Waals surface area contributed by atoms with Gasteiger partial charge in [-0.25, -0.2) is 4.39 Å². The van der Waals surface area contributed by atoms with Crippen LogP contribution in [0.2, 0.25) is 10.0 Å². The van der Waals surface area contributed by atoms with Gasteiger partial charge in [0.1, 0.15) is 5.82 Å². The molecule has 3 heteroatoms. The van der Waals surface area contributed by atoms with Crippen LogP contribution in [0.25, 0.3) is 0 Å². The van der Waals surface area contributed by atoms with E-state index >= 15 is 0 Å². The maximum Gasteiger partial charge on any atom is 0.142 e. The van der Waals surface area contributed by atoms with Crippen LogP contribution in [0.4, 0.5) is 4.39 Å². The lowest BCUT2D eigenvalue weighted by Crippen LogP contribution is -2.20. The van der Waals surface area contributed by atoms with Gasteiger partial charge in [-0.3, -0.25) is 0 Å². The van der Waals surface area contributed by atoms with Crippen LogP contribution in [-0.4, -0.2) is 0 Å². The molecule has 2 aliphatic carbocycles. The van der Waals surface area contributed by atoms with Gasteiger partial charge < -0.3 is 0 Å². The molecule has 0 amide bonds. The highest BCUT2D eigenvalue weighted by atomic mass is 35.5. The highest BCUT2D eigenvalue weighted by molar-refractivity contribution is 6.36. The normalized spacial score (nSPS) is 33.5. The van der Waals surface area contributed by atoms with E-state index < -0.39 is 0 Å². The summed E-state index contributed by atoms with van der Waals surface area (Å²) in [5.74, 6) is 0.359. The molecule has 2 saturated carbocycles. The number of benzene rings is 1. The Morgan fingerprint density at radius 3 is 2.64 bits per heavy atom. The first-order chi connectivity index (χ1) is 6.65. The van der Waals surface area contributed by atoms with Crippen LogP contribution >= 0.6 is 23.2 Å². The maximum atomic E-state index is 13.3. The molecule has 2 atom stereocenters. The minimum Gasteiger partial charge on any atom is -0.205 e. The fourth-order valence-corrected chi connectivity index (χ4v) is 3.44. The molecule has 14 heavy (non-hydrogen) atoms. The van der Waals surface area contributed by atoms with E-state index in [9.17, 15) is 4.39 Å². The van der Waals surface area contributed by atoms with Gasteiger partial charge >= 0.3 is 0 Å². The van der Waals surface area contributed by atoms with Crippen LogP contribution in [0.5, 0.6) is 0 Å². The highest BCUT2D eigenvalue weighted by Gasteiger charge is 2.63. The third-order valence-electron chi connectivity index (χ3n) is 3.71. The molecule has 2 fully saturated rings. The average molecular weight is 231 g/mol. The molecule has 0 aromatic heterocycles. The lowest BCUT2D eigenvalue weighted by atomic mass is 9.79. The molecule has 0 N–H and O–H groups in total. The SMILES string of the molecule is Fc1ccc(Cl)c(C23CCC2C3)c1Cl. The van der Waals surface area contributed by atoms with Gasteiger partial charge in [-0.1, -0.05) is 23.2 Å². The number of halogens is 3. The quantitative estimate of drug-likeness (QED) is 0.636. The second-order valence-electron chi connectivity index (χ2n) is 4.31. The minimum absolute atomic E-state index is 0.149.